The van der Waals surface area contributed by atoms with Gasteiger partial charge in [0.1, 0.15) is 9.84 Å². The predicted molar refractivity (Wildman–Crippen MR) is 76.3 cm³/mol. The molecule has 0 saturated carbocycles. The van der Waals surface area contributed by atoms with Gasteiger partial charge in [-0.15, -0.1) is 0 Å². The van der Waals surface area contributed by atoms with Crippen molar-refractivity contribution < 1.29 is 13.5 Å². The van der Waals surface area contributed by atoms with Gasteiger partial charge in [-0.1, -0.05) is 28.1 Å². The maximum atomic E-state index is 11.1. The van der Waals surface area contributed by atoms with E-state index in [0.29, 0.717) is 6.54 Å². The summed E-state index contributed by atoms with van der Waals surface area (Å²) in [5.41, 5.74) is 0.961. The van der Waals surface area contributed by atoms with E-state index in [4.69, 9.17) is 0 Å². The van der Waals surface area contributed by atoms with Crippen molar-refractivity contribution in [3.63, 3.8) is 0 Å². The highest BCUT2D eigenvalue weighted by Gasteiger charge is 2.17. The van der Waals surface area contributed by atoms with E-state index < -0.39 is 9.84 Å². The highest BCUT2D eigenvalue weighted by atomic mass is 79.9. The number of rotatable bonds is 6. The molecule has 6 heteroatoms. The summed E-state index contributed by atoms with van der Waals surface area (Å²) < 4.78 is 23.2. The molecule has 0 amide bonds. The first kappa shape index (κ1) is 15.6. The number of hydrogen-bond donors (Lipinski definition) is 1. The van der Waals surface area contributed by atoms with Gasteiger partial charge in [-0.25, -0.2) is 8.42 Å². The average molecular weight is 336 g/mol. The maximum Gasteiger partial charge on any atom is 0.148 e. The first-order valence-electron chi connectivity index (χ1n) is 5.58. The van der Waals surface area contributed by atoms with Gasteiger partial charge in [0.2, 0.25) is 0 Å². The lowest BCUT2D eigenvalue weighted by atomic mass is 10.1. The van der Waals surface area contributed by atoms with Crippen LogP contribution in [0.25, 0.3) is 0 Å². The van der Waals surface area contributed by atoms with E-state index >= 15 is 0 Å². The summed E-state index contributed by atoms with van der Waals surface area (Å²) in [6.07, 6.45) is 1.22. The lowest BCUT2D eigenvalue weighted by molar-refractivity contribution is 0.153. The Morgan fingerprint density at radius 1 is 1.44 bits per heavy atom. The second-order valence-electron chi connectivity index (χ2n) is 4.36. The van der Waals surface area contributed by atoms with Crippen molar-refractivity contribution in [2.75, 3.05) is 32.2 Å². The highest BCUT2D eigenvalue weighted by Crippen LogP contribution is 2.22. The van der Waals surface area contributed by atoms with Crippen LogP contribution in [0.1, 0.15) is 11.6 Å². The summed E-state index contributed by atoms with van der Waals surface area (Å²) in [5, 5.41) is 9.46. The zero-order chi connectivity index (χ0) is 13.8. The molecule has 1 rings (SSSR count). The van der Waals surface area contributed by atoms with Gasteiger partial charge in [0.25, 0.3) is 0 Å². The number of benzene rings is 1. The van der Waals surface area contributed by atoms with E-state index in [1.54, 1.807) is 0 Å². The monoisotopic (exact) mass is 335 g/mol. The van der Waals surface area contributed by atoms with Crippen LogP contribution in [-0.4, -0.2) is 50.6 Å². The SMILES string of the molecule is CN(CCS(C)(=O)=O)[C@@H](CO)c1cccc(Br)c1. The second-order valence-corrected chi connectivity index (χ2v) is 7.54. The van der Waals surface area contributed by atoms with Gasteiger partial charge in [-0.05, 0) is 24.7 Å². The van der Waals surface area contributed by atoms with Crippen LogP contribution >= 0.6 is 15.9 Å². The zero-order valence-corrected chi connectivity index (χ0v) is 12.9. The normalized spacial score (nSPS) is 13.8. The molecule has 1 aromatic rings. The number of aliphatic hydroxyl groups excluding tert-OH is 1. The molecule has 0 radical (unpaired) electrons. The molecule has 0 fully saturated rings. The van der Waals surface area contributed by atoms with Crippen LogP contribution in [0.3, 0.4) is 0 Å². The minimum Gasteiger partial charge on any atom is -0.394 e. The molecule has 18 heavy (non-hydrogen) atoms. The summed E-state index contributed by atoms with van der Waals surface area (Å²) in [4.78, 5) is 1.85. The van der Waals surface area contributed by atoms with Gasteiger partial charge in [0.05, 0.1) is 18.4 Å². The Balaban J connectivity index is 2.77. The molecular formula is C12H18BrNO3S. The Kier molecular flexibility index (Phi) is 5.78. The number of aliphatic hydroxyl groups is 1. The number of sulfone groups is 1. The lowest BCUT2D eigenvalue weighted by Crippen LogP contribution is -2.31. The van der Waals surface area contributed by atoms with Gasteiger partial charge in [0.15, 0.2) is 0 Å². The summed E-state index contributed by atoms with van der Waals surface area (Å²) in [6, 6.07) is 7.46. The largest absolute Gasteiger partial charge is 0.394 e. The first-order chi connectivity index (χ1) is 8.33. The van der Waals surface area contributed by atoms with Crippen molar-refractivity contribution in [1.29, 1.82) is 0 Å². The van der Waals surface area contributed by atoms with Gasteiger partial charge in [-0.2, -0.15) is 0 Å². The fourth-order valence-corrected chi connectivity index (χ4v) is 2.72. The number of nitrogens with zero attached hydrogens (tertiary/aromatic N) is 1. The minimum atomic E-state index is -2.98. The molecule has 1 atom stereocenters. The van der Waals surface area contributed by atoms with Crippen molar-refractivity contribution in [3.8, 4) is 0 Å². The van der Waals surface area contributed by atoms with Crippen LogP contribution < -0.4 is 0 Å². The van der Waals surface area contributed by atoms with E-state index in [0.717, 1.165) is 10.0 Å². The van der Waals surface area contributed by atoms with Crippen molar-refractivity contribution >= 4 is 25.8 Å². The molecule has 1 aromatic carbocycles. The number of hydrogen-bond acceptors (Lipinski definition) is 4. The van der Waals surface area contributed by atoms with E-state index in [-0.39, 0.29) is 18.4 Å². The van der Waals surface area contributed by atoms with Crippen LogP contribution in [0, 0.1) is 0 Å². The summed E-state index contributed by atoms with van der Waals surface area (Å²) >= 11 is 3.38. The highest BCUT2D eigenvalue weighted by molar-refractivity contribution is 9.10. The molecule has 102 valence electrons. The van der Waals surface area contributed by atoms with Crippen molar-refractivity contribution in [2.24, 2.45) is 0 Å². The third kappa shape index (κ3) is 5.06. The third-order valence-electron chi connectivity index (χ3n) is 2.75. The first-order valence-corrected chi connectivity index (χ1v) is 8.43. The maximum absolute atomic E-state index is 11.1. The molecule has 0 saturated heterocycles. The summed E-state index contributed by atoms with van der Waals surface area (Å²) in [5.74, 6) is 0.0913. The average Bonchev–Trinajstić information content (AvgIpc) is 2.26. The molecule has 4 nitrogen and oxygen atoms in total. The van der Waals surface area contributed by atoms with E-state index in [1.165, 1.54) is 6.26 Å². The Hall–Kier alpha value is -0.430. The van der Waals surface area contributed by atoms with Gasteiger partial charge in [-0.3, -0.25) is 4.90 Å². The van der Waals surface area contributed by atoms with Gasteiger partial charge in [0, 0.05) is 17.3 Å². The third-order valence-corrected chi connectivity index (χ3v) is 4.17. The molecule has 0 aromatic heterocycles. The summed E-state index contributed by atoms with van der Waals surface area (Å²) in [7, 11) is -1.17. The second kappa shape index (κ2) is 6.65. The fraction of sp³-hybridized carbons (Fsp3) is 0.500. The Bertz CT molecular complexity index is 490. The molecule has 0 spiro atoms. The van der Waals surface area contributed by atoms with Gasteiger partial charge >= 0.3 is 0 Å². The molecular weight excluding hydrogens is 318 g/mol. The lowest BCUT2D eigenvalue weighted by Gasteiger charge is -2.26. The van der Waals surface area contributed by atoms with Crippen LogP contribution in [0.15, 0.2) is 28.7 Å². The predicted octanol–water partition coefficient (Wildman–Crippen LogP) is 1.46. The van der Waals surface area contributed by atoms with Crippen LogP contribution in [0.2, 0.25) is 0 Å². The van der Waals surface area contributed by atoms with Crippen LogP contribution in [-0.2, 0) is 9.84 Å². The smallest absolute Gasteiger partial charge is 0.148 e. The van der Waals surface area contributed by atoms with E-state index in [2.05, 4.69) is 15.9 Å². The molecule has 0 aliphatic rings. The van der Waals surface area contributed by atoms with Gasteiger partial charge < -0.3 is 5.11 Å². The Labute approximate surface area is 117 Å². The minimum absolute atomic E-state index is 0.0449. The fourth-order valence-electron chi connectivity index (χ4n) is 1.68. The van der Waals surface area contributed by atoms with E-state index in [1.807, 2.05) is 36.2 Å². The number of halogens is 1. The molecule has 0 aliphatic carbocycles. The van der Waals surface area contributed by atoms with E-state index in [9.17, 15) is 13.5 Å². The van der Waals surface area contributed by atoms with Crippen LogP contribution in [0.5, 0.6) is 0 Å². The van der Waals surface area contributed by atoms with Crippen molar-refractivity contribution in [2.45, 2.75) is 6.04 Å². The van der Waals surface area contributed by atoms with Crippen molar-refractivity contribution in [1.82, 2.24) is 4.90 Å². The molecule has 0 heterocycles. The molecule has 1 N–H and O–H groups in total. The van der Waals surface area contributed by atoms with Crippen LogP contribution in [0.4, 0.5) is 0 Å². The molecule has 0 aliphatic heterocycles. The number of likely N-dealkylation sites (N-methyl/N-ethyl adjacent to an activating group) is 1. The quantitative estimate of drug-likeness (QED) is 0.855. The topological polar surface area (TPSA) is 57.6 Å². The molecule has 0 unspecified atom stereocenters. The Morgan fingerprint density at radius 2 is 2.11 bits per heavy atom. The summed E-state index contributed by atoms with van der Waals surface area (Å²) in [6.45, 7) is 0.354. The van der Waals surface area contributed by atoms with Crippen molar-refractivity contribution in [3.05, 3.63) is 34.3 Å². The Morgan fingerprint density at radius 3 is 2.61 bits per heavy atom. The standard InChI is InChI=1S/C12H18BrNO3S/c1-14(6-7-18(2,16)17)12(9-15)10-4-3-5-11(13)8-10/h3-5,8,12,15H,6-7,9H2,1-2H3/t12-/m0/s1. The molecule has 0 bridgehead atoms. The zero-order valence-electron chi connectivity index (χ0n) is 10.5.